The van der Waals surface area contributed by atoms with Gasteiger partial charge in [-0.15, -0.1) is 0 Å². The standard InChI is InChI=1S/C28H27ClO5/c29-24-16-9-7-14-22(24)28-32-19-20(27(34-28)23-15-8-10-17-25(23)30)11-3-1-6-18-26(31)33-21-12-4-2-5-13-21/h1-5,7-10,12-17,20,27-28,30H,6,11,18-19H2/t20-,27+,28?/m1/s1. The van der Waals surface area contributed by atoms with E-state index in [0.29, 0.717) is 42.2 Å². The van der Waals surface area contributed by atoms with Crippen LogP contribution in [0, 0.1) is 5.92 Å². The van der Waals surface area contributed by atoms with Crippen LogP contribution in [0.15, 0.2) is 91.0 Å². The van der Waals surface area contributed by atoms with Crippen molar-refractivity contribution in [1.82, 2.24) is 0 Å². The summed E-state index contributed by atoms with van der Waals surface area (Å²) in [6.07, 6.45) is 4.53. The lowest BCUT2D eigenvalue weighted by atomic mass is 9.91. The molecule has 1 unspecified atom stereocenters. The van der Waals surface area contributed by atoms with Crippen molar-refractivity contribution < 1.29 is 24.1 Å². The van der Waals surface area contributed by atoms with E-state index in [0.717, 1.165) is 5.56 Å². The zero-order valence-corrected chi connectivity index (χ0v) is 19.4. The van der Waals surface area contributed by atoms with Gasteiger partial charge in [0.05, 0.1) is 12.7 Å². The van der Waals surface area contributed by atoms with E-state index < -0.39 is 6.29 Å². The number of carbonyl (C=O) groups is 1. The molecule has 1 N–H and O–H groups in total. The highest BCUT2D eigenvalue weighted by atomic mass is 35.5. The topological polar surface area (TPSA) is 65.0 Å². The molecule has 1 aliphatic heterocycles. The second-order valence-electron chi connectivity index (χ2n) is 8.10. The first-order valence-electron chi connectivity index (χ1n) is 11.3. The number of allylic oxidation sites excluding steroid dienone is 2. The van der Waals surface area contributed by atoms with Crippen LogP contribution in [0.4, 0.5) is 0 Å². The van der Waals surface area contributed by atoms with Gasteiger partial charge in [0.15, 0.2) is 6.29 Å². The smallest absolute Gasteiger partial charge is 0.311 e. The van der Waals surface area contributed by atoms with E-state index in [4.69, 9.17) is 25.8 Å². The second kappa shape index (κ2) is 11.8. The van der Waals surface area contributed by atoms with Crippen molar-refractivity contribution in [2.75, 3.05) is 6.61 Å². The number of benzene rings is 3. The van der Waals surface area contributed by atoms with E-state index in [2.05, 4.69) is 0 Å². The Morgan fingerprint density at radius 1 is 0.971 bits per heavy atom. The number of hydrogen-bond acceptors (Lipinski definition) is 5. The minimum Gasteiger partial charge on any atom is -0.508 e. The van der Waals surface area contributed by atoms with Gasteiger partial charge in [0.25, 0.3) is 0 Å². The average molecular weight is 479 g/mol. The van der Waals surface area contributed by atoms with Crippen molar-refractivity contribution >= 4 is 17.6 Å². The van der Waals surface area contributed by atoms with Crippen LogP contribution in [-0.4, -0.2) is 17.7 Å². The highest BCUT2D eigenvalue weighted by Gasteiger charge is 2.35. The number of aromatic hydroxyl groups is 1. The number of halogens is 1. The monoisotopic (exact) mass is 478 g/mol. The first-order chi connectivity index (χ1) is 16.6. The molecular weight excluding hydrogens is 452 g/mol. The molecule has 3 aromatic rings. The number of carbonyl (C=O) groups excluding carboxylic acids is 1. The summed E-state index contributed by atoms with van der Waals surface area (Å²) in [5.41, 5.74) is 1.48. The van der Waals surface area contributed by atoms with Gasteiger partial charge in [0.1, 0.15) is 11.5 Å². The Morgan fingerprint density at radius 3 is 2.44 bits per heavy atom. The molecule has 0 aliphatic carbocycles. The van der Waals surface area contributed by atoms with Gasteiger partial charge < -0.3 is 19.3 Å². The summed E-state index contributed by atoms with van der Waals surface area (Å²) in [5, 5.41) is 11.0. The fourth-order valence-corrected chi connectivity index (χ4v) is 4.14. The first kappa shape index (κ1) is 24.0. The molecule has 6 heteroatoms. The van der Waals surface area contributed by atoms with E-state index in [1.165, 1.54) is 0 Å². The number of para-hydroxylation sites is 2. The van der Waals surface area contributed by atoms with Crippen LogP contribution in [-0.2, 0) is 14.3 Å². The Labute approximate surface area is 204 Å². The molecule has 1 fully saturated rings. The quantitative estimate of drug-likeness (QED) is 0.219. The summed E-state index contributed by atoms with van der Waals surface area (Å²) in [6, 6.07) is 23.7. The normalized spacial score (nSPS) is 20.3. The SMILES string of the molecule is O=C(CCC=CC[C@@H]1COC(c2ccccc2Cl)O[C@@H]1c1ccccc1O)Oc1ccccc1. The molecule has 0 radical (unpaired) electrons. The summed E-state index contributed by atoms with van der Waals surface area (Å²) in [5.74, 6) is 0.450. The maximum atomic E-state index is 12.0. The maximum absolute atomic E-state index is 12.0. The molecule has 3 aromatic carbocycles. The molecule has 4 rings (SSSR count). The highest BCUT2D eigenvalue weighted by Crippen LogP contribution is 2.43. The number of rotatable bonds is 8. The molecule has 0 amide bonds. The lowest BCUT2D eigenvalue weighted by Gasteiger charge is -2.37. The van der Waals surface area contributed by atoms with Crippen LogP contribution >= 0.6 is 11.6 Å². The van der Waals surface area contributed by atoms with E-state index in [-0.39, 0.29) is 23.7 Å². The van der Waals surface area contributed by atoms with Crippen molar-refractivity contribution in [3.05, 3.63) is 107 Å². The highest BCUT2D eigenvalue weighted by molar-refractivity contribution is 6.31. The Hall–Kier alpha value is -3.12. The Bertz CT molecular complexity index is 1110. The molecule has 0 aromatic heterocycles. The molecule has 1 saturated heterocycles. The molecule has 5 nitrogen and oxygen atoms in total. The predicted molar refractivity (Wildman–Crippen MR) is 131 cm³/mol. The van der Waals surface area contributed by atoms with Gasteiger partial charge in [0, 0.05) is 28.5 Å². The van der Waals surface area contributed by atoms with Crippen molar-refractivity contribution in [3.63, 3.8) is 0 Å². The number of hydrogen-bond donors (Lipinski definition) is 1. The van der Waals surface area contributed by atoms with Crippen LogP contribution in [0.3, 0.4) is 0 Å². The largest absolute Gasteiger partial charge is 0.508 e. The summed E-state index contributed by atoms with van der Waals surface area (Å²) in [4.78, 5) is 12.0. The van der Waals surface area contributed by atoms with Crippen molar-refractivity contribution in [1.29, 1.82) is 0 Å². The zero-order chi connectivity index (χ0) is 23.8. The Kier molecular flexibility index (Phi) is 8.36. The maximum Gasteiger partial charge on any atom is 0.311 e. The number of esters is 1. The van der Waals surface area contributed by atoms with Gasteiger partial charge in [0.2, 0.25) is 0 Å². The van der Waals surface area contributed by atoms with Gasteiger partial charge in [-0.3, -0.25) is 4.79 Å². The molecular formula is C28H27ClO5. The molecule has 0 bridgehead atoms. The second-order valence-corrected chi connectivity index (χ2v) is 8.50. The zero-order valence-electron chi connectivity index (χ0n) is 18.7. The third-order valence-electron chi connectivity index (χ3n) is 5.66. The summed E-state index contributed by atoms with van der Waals surface area (Å²) >= 11 is 6.36. The molecule has 3 atom stereocenters. The van der Waals surface area contributed by atoms with Crippen molar-refractivity contribution in [3.8, 4) is 11.5 Å². The van der Waals surface area contributed by atoms with Crippen LogP contribution < -0.4 is 4.74 Å². The lowest BCUT2D eigenvalue weighted by molar-refractivity contribution is -0.244. The Balaban J connectivity index is 1.37. The van der Waals surface area contributed by atoms with Gasteiger partial charge in [-0.05, 0) is 37.1 Å². The molecule has 1 aliphatic rings. The van der Waals surface area contributed by atoms with Crippen molar-refractivity contribution in [2.45, 2.75) is 31.7 Å². The molecule has 1 heterocycles. The van der Waals surface area contributed by atoms with E-state index >= 15 is 0 Å². The average Bonchev–Trinajstić information content (AvgIpc) is 2.85. The fourth-order valence-electron chi connectivity index (χ4n) is 3.92. The van der Waals surface area contributed by atoms with E-state index in [1.807, 2.05) is 60.7 Å². The molecule has 0 saturated carbocycles. The van der Waals surface area contributed by atoms with E-state index in [1.54, 1.807) is 30.3 Å². The minimum absolute atomic E-state index is 0.0143. The predicted octanol–water partition coefficient (Wildman–Crippen LogP) is 6.78. The van der Waals surface area contributed by atoms with Gasteiger partial charge in [-0.25, -0.2) is 0 Å². The Morgan fingerprint density at radius 2 is 1.68 bits per heavy atom. The molecule has 0 spiro atoms. The molecule has 34 heavy (non-hydrogen) atoms. The summed E-state index contributed by atoms with van der Waals surface area (Å²) in [7, 11) is 0. The van der Waals surface area contributed by atoms with Gasteiger partial charge >= 0.3 is 5.97 Å². The van der Waals surface area contributed by atoms with Crippen molar-refractivity contribution in [2.24, 2.45) is 5.92 Å². The van der Waals surface area contributed by atoms with E-state index in [9.17, 15) is 9.90 Å². The minimum atomic E-state index is -0.619. The van der Waals surface area contributed by atoms with Gasteiger partial charge in [-0.1, -0.05) is 78.4 Å². The van der Waals surface area contributed by atoms with Crippen LogP contribution in [0.2, 0.25) is 5.02 Å². The number of ether oxygens (including phenoxy) is 3. The number of phenolic OH excluding ortho intramolecular Hbond substituents is 1. The van der Waals surface area contributed by atoms with Gasteiger partial charge in [-0.2, -0.15) is 0 Å². The number of phenols is 1. The third kappa shape index (κ3) is 6.26. The first-order valence-corrected chi connectivity index (χ1v) is 11.7. The third-order valence-corrected chi connectivity index (χ3v) is 6.00. The summed E-state index contributed by atoms with van der Waals surface area (Å²) in [6.45, 7) is 0.440. The van der Waals surface area contributed by atoms with Crippen LogP contribution in [0.5, 0.6) is 11.5 Å². The van der Waals surface area contributed by atoms with Crippen LogP contribution in [0.25, 0.3) is 0 Å². The lowest BCUT2D eigenvalue weighted by Crippen LogP contribution is -2.30. The fraction of sp³-hybridized carbons (Fsp3) is 0.250. The van der Waals surface area contributed by atoms with Crippen LogP contribution in [0.1, 0.15) is 42.8 Å². The summed E-state index contributed by atoms with van der Waals surface area (Å²) < 4.78 is 17.6. The molecule has 176 valence electrons.